The van der Waals surface area contributed by atoms with Crippen molar-refractivity contribution < 1.29 is 9.18 Å². The highest BCUT2D eigenvalue weighted by atomic mass is 19.1. The van der Waals surface area contributed by atoms with E-state index in [4.69, 9.17) is 5.73 Å². The molecule has 0 bridgehead atoms. The zero-order valence-electron chi connectivity index (χ0n) is 17.1. The number of hydrogen-bond donors (Lipinski definition) is 1. The largest absolute Gasteiger partial charge is 0.355 e. The maximum absolute atomic E-state index is 14.1. The minimum absolute atomic E-state index is 0.140. The number of amides is 1. The Labute approximate surface area is 170 Å². The lowest BCUT2D eigenvalue weighted by Gasteiger charge is -2.32. The fraction of sp³-hybridized carbons (Fsp3) is 0.500. The first-order chi connectivity index (χ1) is 13.9. The molecule has 0 spiro atoms. The van der Waals surface area contributed by atoms with Crippen molar-refractivity contribution in [2.24, 2.45) is 5.73 Å². The molecule has 7 heteroatoms. The first-order valence-corrected chi connectivity index (χ1v) is 10.3. The number of aromatic nitrogens is 2. The molecule has 2 saturated heterocycles. The molecule has 1 atom stereocenters. The van der Waals surface area contributed by atoms with E-state index in [0.717, 1.165) is 55.0 Å². The summed E-state index contributed by atoms with van der Waals surface area (Å²) in [6, 6.07) is 7.06. The number of nitrogens with zero attached hydrogens (tertiary/aromatic N) is 4. The molecule has 6 nitrogen and oxygen atoms in total. The number of anilines is 1. The Hall–Kier alpha value is -2.54. The third-order valence-electron chi connectivity index (χ3n) is 6.21. The highest BCUT2D eigenvalue weighted by molar-refractivity contribution is 5.91. The third-order valence-corrected chi connectivity index (χ3v) is 6.21. The van der Waals surface area contributed by atoms with E-state index in [-0.39, 0.29) is 29.5 Å². The highest BCUT2D eigenvalue weighted by Gasteiger charge is 2.29. The number of carbonyl (C=O) groups excluding carboxylic acids is 1. The topological polar surface area (TPSA) is 75.4 Å². The van der Waals surface area contributed by atoms with E-state index in [1.807, 2.05) is 26.0 Å². The first-order valence-electron chi connectivity index (χ1n) is 10.3. The molecule has 154 valence electrons. The monoisotopic (exact) mass is 397 g/mol. The van der Waals surface area contributed by atoms with Crippen LogP contribution in [0.2, 0.25) is 0 Å². The maximum Gasteiger partial charge on any atom is 0.291 e. The van der Waals surface area contributed by atoms with Gasteiger partial charge in [-0.1, -0.05) is 18.2 Å². The van der Waals surface area contributed by atoms with Gasteiger partial charge in [-0.2, -0.15) is 0 Å². The molecule has 2 aromatic rings. The van der Waals surface area contributed by atoms with Crippen molar-refractivity contribution in [2.45, 2.75) is 45.1 Å². The van der Waals surface area contributed by atoms with Crippen molar-refractivity contribution in [3.05, 3.63) is 52.7 Å². The van der Waals surface area contributed by atoms with Crippen LogP contribution in [0.3, 0.4) is 0 Å². The summed E-state index contributed by atoms with van der Waals surface area (Å²) in [6.45, 7) is 6.66. The van der Waals surface area contributed by atoms with E-state index >= 15 is 0 Å². The van der Waals surface area contributed by atoms with Gasteiger partial charge in [-0.15, -0.1) is 0 Å². The molecular formula is C22H28FN5O. The van der Waals surface area contributed by atoms with E-state index in [1.165, 1.54) is 6.07 Å². The Morgan fingerprint density at radius 2 is 1.83 bits per heavy atom. The van der Waals surface area contributed by atoms with Gasteiger partial charge in [0.15, 0.2) is 0 Å². The summed E-state index contributed by atoms with van der Waals surface area (Å²) in [5.41, 5.74) is 8.61. The van der Waals surface area contributed by atoms with Gasteiger partial charge in [-0.3, -0.25) is 4.79 Å². The van der Waals surface area contributed by atoms with Gasteiger partial charge < -0.3 is 15.5 Å². The summed E-state index contributed by atoms with van der Waals surface area (Å²) >= 11 is 0. The lowest BCUT2D eigenvalue weighted by Crippen LogP contribution is -2.39. The lowest BCUT2D eigenvalue weighted by molar-refractivity contribution is 0.0699. The van der Waals surface area contributed by atoms with Crippen LogP contribution in [0, 0.1) is 19.7 Å². The van der Waals surface area contributed by atoms with Crippen LogP contribution >= 0.6 is 0 Å². The molecule has 4 rings (SSSR count). The molecule has 0 unspecified atom stereocenters. The Morgan fingerprint density at radius 1 is 1.10 bits per heavy atom. The van der Waals surface area contributed by atoms with Gasteiger partial charge in [0.05, 0.1) is 0 Å². The Kier molecular flexibility index (Phi) is 5.50. The predicted octanol–water partition coefficient (Wildman–Crippen LogP) is 2.79. The Bertz CT molecular complexity index is 910. The molecule has 2 fully saturated rings. The van der Waals surface area contributed by atoms with Crippen molar-refractivity contribution >= 4 is 11.7 Å². The third kappa shape index (κ3) is 3.96. The van der Waals surface area contributed by atoms with Crippen molar-refractivity contribution in [1.29, 1.82) is 0 Å². The second kappa shape index (κ2) is 8.06. The van der Waals surface area contributed by atoms with Crippen LogP contribution in [0.5, 0.6) is 0 Å². The zero-order chi connectivity index (χ0) is 20.5. The number of nitrogens with two attached hydrogens (primary N) is 1. The lowest BCUT2D eigenvalue weighted by atomic mass is 9.89. The molecule has 1 amide bonds. The van der Waals surface area contributed by atoms with Crippen molar-refractivity contribution in [3.8, 4) is 0 Å². The number of likely N-dealkylation sites (tertiary alicyclic amines) is 1. The smallest absolute Gasteiger partial charge is 0.291 e. The quantitative estimate of drug-likeness (QED) is 0.862. The first kappa shape index (κ1) is 19.8. The second-order valence-electron chi connectivity index (χ2n) is 8.16. The number of rotatable bonds is 3. The summed E-state index contributed by atoms with van der Waals surface area (Å²) in [4.78, 5) is 26.1. The fourth-order valence-corrected chi connectivity index (χ4v) is 4.34. The Balaban J connectivity index is 1.49. The van der Waals surface area contributed by atoms with Gasteiger partial charge in [-0.05, 0) is 50.7 Å². The number of benzene rings is 1. The van der Waals surface area contributed by atoms with E-state index in [0.29, 0.717) is 13.1 Å². The summed E-state index contributed by atoms with van der Waals surface area (Å²) in [5.74, 6) is 0.888. The maximum atomic E-state index is 14.1. The van der Waals surface area contributed by atoms with Crippen LogP contribution < -0.4 is 10.6 Å². The molecule has 1 aromatic heterocycles. The van der Waals surface area contributed by atoms with Crippen molar-refractivity contribution in [2.75, 3.05) is 31.1 Å². The number of hydrogen-bond acceptors (Lipinski definition) is 5. The molecule has 0 saturated carbocycles. The van der Waals surface area contributed by atoms with Crippen molar-refractivity contribution in [1.82, 2.24) is 14.9 Å². The van der Waals surface area contributed by atoms with E-state index < -0.39 is 0 Å². The van der Waals surface area contributed by atoms with Gasteiger partial charge >= 0.3 is 0 Å². The SMILES string of the molecule is Cc1nc(C(=O)N2CCC(c3ccccc3F)CC2)nc(N2CC[C@@H](N)C2)c1C. The molecule has 2 N–H and O–H groups in total. The van der Waals surface area contributed by atoms with Crippen LogP contribution in [0.15, 0.2) is 24.3 Å². The summed E-state index contributed by atoms with van der Waals surface area (Å²) in [7, 11) is 0. The van der Waals surface area contributed by atoms with Gasteiger partial charge in [0.2, 0.25) is 5.82 Å². The highest BCUT2D eigenvalue weighted by Crippen LogP contribution is 2.30. The van der Waals surface area contributed by atoms with Crippen LogP contribution in [-0.2, 0) is 0 Å². The fourth-order valence-electron chi connectivity index (χ4n) is 4.34. The molecule has 3 heterocycles. The van der Waals surface area contributed by atoms with E-state index in [9.17, 15) is 9.18 Å². The number of aryl methyl sites for hydroxylation is 1. The van der Waals surface area contributed by atoms with Gasteiger partial charge in [0.25, 0.3) is 5.91 Å². The number of carbonyl (C=O) groups is 1. The number of halogens is 1. The van der Waals surface area contributed by atoms with Crippen molar-refractivity contribution in [3.63, 3.8) is 0 Å². The van der Waals surface area contributed by atoms with E-state index in [1.54, 1.807) is 11.0 Å². The van der Waals surface area contributed by atoms with Crippen LogP contribution in [0.4, 0.5) is 10.2 Å². The minimum Gasteiger partial charge on any atom is -0.355 e. The molecule has 2 aliphatic heterocycles. The van der Waals surface area contributed by atoms with Crippen LogP contribution in [0.25, 0.3) is 0 Å². The predicted molar refractivity (Wildman–Crippen MR) is 111 cm³/mol. The van der Waals surface area contributed by atoms with Crippen LogP contribution in [-0.4, -0.2) is 53.0 Å². The molecular weight excluding hydrogens is 369 g/mol. The molecule has 2 aliphatic rings. The van der Waals surface area contributed by atoms with Gasteiger partial charge in [-0.25, -0.2) is 14.4 Å². The van der Waals surface area contributed by atoms with Crippen LogP contribution in [0.1, 0.15) is 52.6 Å². The summed E-state index contributed by atoms with van der Waals surface area (Å²) in [6.07, 6.45) is 2.41. The molecule has 29 heavy (non-hydrogen) atoms. The van der Waals surface area contributed by atoms with Gasteiger partial charge in [0.1, 0.15) is 11.6 Å². The normalized spacial score (nSPS) is 20.3. The standard InChI is InChI=1S/C22H28FN5O/c1-14-15(2)25-20(26-21(14)28-12-9-17(24)13-28)22(29)27-10-7-16(8-11-27)18-5-3-4-6-19(18)23/h3-6,16-17H,7-13,24H2,1-2H3/t17-/m1/s1. The van der Waals surface area contributed by atoms with E-state index in [2.05, 4.69) is 14.9 Å². The molecule has 1 aromatic carbocycles. The van der Waals surface area contributed by atoms with Gasteiger partial charge in [0, 0.05) is 43.5 Å². The summed E-state index contributed by atoms with van der Waals surface area (Å²) in [5, 5.41) is 0. The average molecular weight is 397 g/mol. The molecule has 0 aliphatic carbocycles. The average Bonchev–Trinajstić information content (AvgIpc) is 3.16. The number of piperidine rings is 1. The second-order valence-corrected chi connectivity index (χ2v) is 8.16. The zero-order valence-corrected chi connectivity index (χ0v) is 17.1. The molecule has 0 radical (unpaired) electrons. The minimum atomic E-state index is -0.164. The Morgan fingerprint density at radius 3 is 2.48 bits per heavy atom. The summed E-state index contributed by atoms with van der Waals surface area (Å²) < 4.78 is 14.1.